The average molecular weight is 268 g/mol. The molecule has 0 aromatic heterocycles. The average Bonchev–Trinajstić information content (AvgIpc) is 2.46. The molecule has 0 aromatic rings. The van der Waals surface area contributed by atoms with Crippen LogP contribution in [0.3, 0.4) is 0 Å². The highest BCUT2D eigenvalue weighted by Crippen LogP contribution is 2.29. The van der Waals surface area contributed by atoms with Crippen LogP contribution >= 0.6 is 0 Å². The summed E-state index contributed by atoms with van der Waals surface area (Å²) in [6.07, 6.45) is 7.90. The smallest absolute Gasteiger partial charge is 0.0329 e. The highest BCUT2D eigenvalue weighted by molar-refractivity contribution is 4.98. The molecule has 0 saturated carbocycles. The van der Waals surface area contributed by atoms with Crippen LogP contribution in [-0.2, 0) is 0 Å². The summed E-state index contributed by atoms with van der Waals surface area (Å²) in [6.45, 7) is 15.5. The van der Waals surface area contributed by atoms with Crippen LogP contribution in [0.5, 0.6) is 0 Å². The van der Waals surface area contributed by atoms with E-state index in [4.69, 9.17) is 0 Å². The first-order chi connectivity index (χ1) is 9.13. The number of unbranched alkanes of at least 4 members (excludes halogenated alkanes) is 2. The van der Waals surface area contributed by atoms with Gasteiger partial charge in [-0.2, -0.15) is 0 Å². The van der Waals surface area contributed by atoms with Crippen molar-refractivity contribution in [3.8, 4) is 0 Å². The summed E-state index contributed by atoms with van der Waals surface area (Å²) in [5, 5.41) is 3.84. The fourth-order valence-electron chi connectivity index (χ4n) is 3.42. The molecule has 2 heteroatoms. The predicted molar refractivity (Wildman–Crippen MR) is 85.7 cm³/mol. The lowest BCUT2D eigenvalue weighted by molar-refractivity contribution is 0.0191. The van der Waals surface area contributed by atoms with Gasteiger partial charge in [0, 0.05) is 24.7 Å². The molecule has 1 heterocycles. The van der Waals surface area contributed by atoms with Crippen molar-refractivity contribution < 1.29 is 0 Å². The van der Waals surface area contributed by atoms with Crippen LogP contribution in [0.1, 0.15) is 73.1 Å². The fourth-order valence-corrected chi connectivity index (χ4v) is 3.42. The van der Waals surface area contributed by atoms with Crippen molar-refractivity contribution in [3.05, 3.63) is 0 Å². The van der Waals surface area contributed by atoms with Crippen molar-refractivity contribution in [1.82, 2.24) is 10.2 Å². The van der Waals surface area contributed by atoms with Crippen molar-refractivity contribution in [2.75, 3.05) is 19.6 Å². The van der Waals surface area contributed by atoms with Gasteiger partial charge in [0.2, 0.25) is 0 Å². The molecule has 0 spiro atoms. The molecule has 2 atom stereocenters. The van der Waals surface area contributed by atoms with Crippen molar-refractivity contribution in [2.24, 2.45) is 5.92 Å². The molecule has 1 saturated heterocycles. The van der Waals surface area contributed by atoms with Crippen molar-refractivity contribution in [3.63, 3.8) is 0 Å². The molecule has 19 heavy (non-hydrogen) atoms. The van der Waals surface area contributed by atoms with Crippen LogP contribution in [0.4, 0.5) is 0 Å². The molecule has 0 aromatic carbocycles. The quantitative estimate of drug-likeness (QED) is 0.668. The third kappa shape index (κ3) is 4.19. The van der Waals surface area contributed by atoms with Gasteiger partial charge in [-0.3, -0.25) is 4.90 Å². The van der Waals surface area contributed by atoms with Gasteiger partial charge in [0.25, 0.3) is 0 Å². The Morgan fingerprint density at radius 1 is 1.16 bits per heavy atom. The standard InChI is InChI=1S/C17H36N2/c1-6-10-11-12-19-13-16(15(5)7-2)18-14-17(19,8-3)9-4/h15-16,18H,6-14H2,1-5H3. The minimum Gasteiger partial charge on any atom is -0.311 e. The van der Waals surface area contributed by atoms with Gasteiger partial charge in [-0.1, -0.05) is 53.9 Å². The van der Waals surface area contributed by atoms with Gasteiger partial charge in [-0.25, -0.2) is 0 Å². The van der Waals surface area contributed by atoms with Gasteiger partial charge >= 0.3 is 0 Å². The van der Waals surface area contributed by atoms with Crippen LogP contribution in [0.2, 0.25) is 0 Å². The Balaban J connectivity index is 2.68. The van der Waals surface area contributed by atoms with E-state index in [1.807, 2.05) is 0 Å². The number of nitrogens with zero attached hydrogens (tertiary/aromatic N) is 1. The molecule has 2 nitrogen and oxygen atoms in total. The molecule has 0 radical (unpaired) electrons. The first-order valence-corrected chi connectivity index (χ1v) is 8.61. The van der Waals surface area contributed by atoms with E-state index in [0.717, 1.165) is 5.92 Å². The zero-order valence-electron chi connectivity index (χ0n) is 14.0. The van der Waals surface area contributed by atoms with Gasteiger partial charge in [0.15, 0.2) is 0 Å². The van der Waals surface area contributed by atoms with Gasteiger partial charge in [-0.15, -0.1) is 0 Å². The van der Waals surface area contributed by atoms with Crippen molar-refractivity contribution in [2.45, 2.75) is 84.7 Å². The molecule has 1 fully saturated rings. The van der Waals surface area contributed by atoms with Crippen LogP contribution in [0.25, 0.3) is 0 Å². The lowest BCUT2D eigenvalue weighted by Gasteiger charge is -2.51. The Kier molecular flexibility index (Phi) is 7.38. The molecule has 0 aliphatic carbocycles. The summed E-state index contributed by atoms with van der Waals surface area (Å²) in [7, 11) is 0. The molecule has 0 amide bonds. The highest BCUT2D eigenvalue weighted by Gasteiger charge is 2.39. The second-order valence-corrected chi connectivity index (χ2v) is 6.46. The third-order valence-electron chi connectivity index (χ3n) is 5.46. The number of hydrogen-bond acceptors (Lipinski definition) is 2. The number of rotatable bonds is 8. The van der Waals surface area contributed by atoms with Gasteiger partial charge < -0.3 is 5.32 Å². The Labute approximate surface area is 121 Å². The van der Waals surface area contributed by atoms with Crippen molar-refractivity contribution in [1.29, 1.82) is 0 Å². The SMILES string of the molecule is CCCCCN1CC(C(C)CC)NCC1(CC)CC. The molecule has 1 aliphatic rings. The summed E-state index contributed by atoms with van der Waals surface area (Å²) in [4.78, 5) is 2.82. The van der Waals surface area contributed by atoms with Gasteiger partial charge in [-0.05, 0) is 31.7 Å². The Bertz CT molecular complexity index is 235. The second-order valence-electron chi connectivity index (χ2n) is 6.46. The monoisotopic (exact) mass is 268 g/mol. The van der Waals surface area contributed by atoms with E-state index in [9.17, 15) is 0 Å². The molecular formula is C17H36N2. The van der Waals surface area contributed by atoms with Gasteiger partial charge in [0.05, 0.1) is 0 Å². The van der Waals surface area contributed by atoms with E-state index in [2.05, 4.69) is 44.8 Å². The first kappa shape index (κ1) is 17.0. The normalized spacial score (nSPS) is 25.4. The molecule has 0 bridgehead atoms. The number of nitrogens with one attached hydrogen (secondary N) is 1. The third-order valence-corrected chi connectivity index (χ3v) is 5.46. The first-order valence-electron chi connectivity index (χ1n) is 8.61. The molecule has 1 rings (SSSR count). The summed E-state index contributed by atoms with van der Waals surface area (Å²) in [6, 6.07) is 0.692. The molecule has 1 aliphatic heterocycles. The Hall–Kier alpha value is -0.0800. The Morgan fingerprint density at radius 3 is 2.37 bits per heavy atom. The fraction of sp³-hybridized carbons (Fsp3) is 1.00. The molecule has 1 N–H and O–H groups in total. The van der Waals surface area contributed by atoms with Crippen LogP contribution in [0, 0.1) is 5.92 Å². The summed E-state index contributed by atoms with van der Waals surface area (Å²) in [5.74, 6) is 0.792. The van der Waals surface area contributed by atoms with Crippen LogP contribution in [0.15, 0.2) is 0 Å². The zero-order chi connectivity index (χ0) is 14.3. The maximum Gasteiger partial charge on any atom is 0.0329 e. The number of hydrogen-bond donors (Lipinski definition) is 1. The maximum absolute atomic E-state index is 3.84. The van der Waals surface area contributed by atoms with E-state index < -0.39 is 0 Å². The summed E-state index contributed by atoms with van der Waals surface area (Å²) >= 11 is 0. The summed E-state index contributed by atoms with van der Waals surface area (Å²) < 4.78 is 0. The lowest BCUT2D eigenvalue weighted by atomic mass is 9.84. The predicted octanol–water partition coefficient (Wildman–Crippen LogP) is 4.06. The minimum absolute atomic E-state index is 0.414. The van der Waals surface area contributed by atoms with E-state index in [1.54, 1.807) is 0 Å². The van der Waals surface area contributed by atoms with Gasteiger partial charge in [0.1, 0.15) is 0 Å². The maximum atomic E-state index is 3.84. The topological polar surface area (TPSA) is 15.3 Å². The van der Waals surface area contributed by atoms with E-state index in [1.165, 1.54) is 58.2 Å². The lowest BCUT2D eigenvalue weighted by Crippen LogP contribution is -2.65. The largest absolute Gasteiger partial charge is 0.311 e. The van der Waals surface area contributed by atoms with E-state index >= 15 is 0 Å². The van der Waals surface area contributed by atoms with E-state index in [0.29, 0.717) is 11.6 Å². The zero-order valence-corrected chi connectivity index (χ0v) is 14.0. The van der Waals surface area contributed by atoms with Crippen LogP contribution < -0.4 is 5.32 Å². The molecule has 2 unspecified atom stereocenters. The molecule has 114 valence electrons. The highest BCUT2D eigenvalue weighted by atomic mass is 15.3. The van der Waals surface area contributed by atoms with Crippen molar-refractivity contribution >= 4 is 0 Å². The molecular weight excluding hydrogens is 232 g/mol. The summed E-state index contributed by atoms with van der Waals surface area (Å²) in [5.41, 5.74) is 0.414. The minimum atomic E-state index is 0.414. The Morgan fingerprint density at radius 2 is 1.84 bits per heavy atom. The van der Waals surface area contributed by atoms with E-state index in [-0.39, 0.29) is 0 Å². The van der Waals surface area contributed by atoms with Crippen LogP contribution in [-0.4, -0.2) is 36.1 Å². The number of piperazine rings is 1. The second kappa shape index (κ2) is 8.26.